The van der Waals surface area contributed by atoms with Crippen LogP contribution in [0.3, 0.4) is 0 Å². The van der Waals surface area contributed by atoms with Gasteiger partial charge in [-0.15, -0.1) is 0 Å². The molecule has 0 spiro atoms. The molecule has 0 bridgehead atoms. The van der Waals surface area contributed by atoms with Crippen LogP contribution in [0.2, 0.25) is 10.0 Å². The van der Waals surface area contributed by atoms with Gasteiger partial charge in [-0.05, 0) is 17.7 Å². The average Bonchev–Trinajstić information content (AvgIpc) is 3.06. The first-order chi connectivity index (χ1) is 14.7. The predicted molar refractivity (Wildman–Crippen MR) is 115 cm³/mol. The third-order valence-electron chi connectivity index (χ3n) is 4.89. The van der Waals surface area contributed by atoms with E-state index in [4.69, 9.17) is 28.3 Å². The number of carbonyl (C=O) groups excluding carboxylic acids is 1. The Kier molecular flexibility index (Phi) is 5.89. The lowest BCUT2D eigenvalue weighted by Crippen LogP contribution is -2.36. The van der Waals surface area contributed by atoms with Gasteiger partial charge >= 0.3 is 5.97 Å². The average molecular weight is 483 g/mol. The molecule has 0 atom stereocenters. The van der Waals surface area contributed by atoms with Crippen LogP contribution < -0.4 is 10.9 Å². The van der Waals surface area contributed by atoms with Crippen LogP contribution in [0.5, 0.6) is 5.88 Å². The number of hydrogen-bond acceptors (Lipinski definition) is 7. The third-order valence-corrected chi connectivity index (χ3v) is 6.70. The fourth-order valence-electron chi connectivity index (χ4n) is 3.49. The van der Waals surface area contributed by atoms with Crippen LogP contribution in [0.1, 0.15) is 26.5 Å². The molecule has 0 fully saturated rings. The van der Waals surface area contributed by atoms with Crippen LogP contribution in [0.25, 0.3) is 4.96 Å². The number of fused-ring (bicyclic) bond motifs is 3. The Morgan fingerprint density at radius 3 is 2.74 bits per heavy atom. The number of hydrogen-bond donors (Lipinski definition) is 3. The zero-order valence-electron chi connectivity index (χ0n) is 15.9. The fourth-order valence-corrected chi connectivity index (χ4v) is 5.00. The lowest BCUT2D eigenvalue weighted by molar-refractivity contribution is -0.135. The van der Waals surface area contributed by atoms with E-state index in [9.17, 15) is 19.5 Å². The minimum absolute atomic E-state index is 0.277. The predicted octanol–water partition coefficient (Wildman–Crippen LogP) is 2.14. The molecule has 3 heterocycles. The van der Waals surface area contributed by atoms with E-state index in [2.05, 4.69) is 15.2 Å². The Hall–Kier alpha value is -2.66. The second-order valence-corrected chi connectivity index (χ2v) is 8.87. The Balaban J connectivity index is 1.63. The first kappa shape index (κ1) is 21.6. The zero-order valence-corrected chi connectivity index (χ0v) is 18.2. The number of nitrogens with one attached hydrogen (secondary N) is 1. The molecule has 0 saturated heterocycles. The number of aromatic hydroxyl groups is 1. The summed E-state index contributed by atoms with van der Waals surface area (Å²) in [6.07, 6.45) is 0.541. The highest BCUT2D eigenvalue weighted by atomic mass is 35.5. The van der Waals surface area contributed by atoms with Crippen LogP contribution in [-0.2, 0) is 24.3 Å². The Labute approximate surface area is 189 Å². The topological polar surface area (TPSA) is 124 Å². The van der Waals surface area contributed by atoms with Gasteiger partial charge < -0.3 is 15.5 Å². The molecule has 2 aromatic heterocycles. The van der Waals surface area contributed by atoms with Crippen molar-refractivity contribution >= 4 is 51.4 Å². The SMILES string of the molecule is O=C(O)CNC(=O)c1c(O)nc2sc3c(n2c1=O)CCN(Cc1ccc(Cl)c(Cl)c1)C3. The fraction of sp³-hybridized carbons (Fsp3) is 0.263. The van der Waals surface area contributed by atoms with Crippen LogP contribution in [0.15, 0.2) is 23.0 Å². The quantitative estimate of drug-likeness (QED) is 0.508. The molecule has 12 heteroatoms. The monoisotopic (exact) mass is 482 g/mol. The van der Waals surface area contributed by atoms with E-state index in [0.717, 1.165) is 16.1 Å². The van der Waals surface area contributed by atoms with Gasteiger partial charge in [0.05, 0.1) is 10.0 Å². The molecule has 9 nitrogen and oxygen atoms in total. The first-order valence-corrected chi connectivity index (χ1v) is 10.7. The minimum Gasteiger partial charge on any atom is -0.492 e. The lowest BCUT2D eigenvalue weighted by atomic mass is 10.1. The molecular weight excluding hydrogens is 467 g/mol. The Morgan fingerprint density at radius 1 is 1.26 bits per heavy atom. The zero-order chi connectivity index (χ0) is 22.3. The molecule has 1 aliphatic rings. The van der Waals surface area contributed by atoms with Crippen molar-refractivity contribution in [3.8, 4) is 5.88 Å². The number of carboxylic acid groups (broad SMARTS) is 1. The maximum absolute atomic E-state index is 12.9. The van der Waals surface area contributed by atoms with Crippen molar-refractivity contribution in [3.63, 3.8) is 0 Å². The molecule has 0 aliphatic carbocycles. The third kappa shape index (κ3) is 4.24. The van der Waals surface area contributed by atoms with Crippen molar-refractivity contribution in [1.82, 2.24) is 19.6 Å². The highest BCUT2D eigenvalue weighted by Gasteiger charge is 2.27. The number of carbonyl (C=O) groups is 2. The number of halogens is 2. The van der Waals surface area contributed by atoms with Crippen LogP contribution >= 0.6 is 34.5 Å². The smallest absolute Gasteiger partial charge is 0.322 e. The van der Waals surface area contributed by atoms with Crippen molar-refractivity contribution in [2.75, 3.05) is 13.1 Å². The standard InChI is InChI=1S/C19H16Cl2N4O5S/c20-10-2-1-9(5-11(10)21)7-24-4-3-12-13(8-24)31-19-23-17(29)15(18(30)25(12)19)16(28)22-6-14(26)27/h1-2,5,29H,3-4,6-8H2,(H,22,28)(H,26,27). The number of benzene rings is 1. The van der Waals surface area contributed by atoms with Gasteiger partial charge in [-0.3, -0.25) is 23.7 Å². The number of amides is 1. The number of thiazole rings is 1. The van der Waals surface area contributed by atoms with Crippen molar-refractivity contribution in [2.24, 2.45) is 0 Å². The molecule has 4 rings (SSSR count). The molecule has 0 saturated carbocycles. The molecule has 31 heavy (non-hydrogen) atoms. The van der Waals surface area contributed by atoms with Crippen molar-refractivity contribution in [2.45, 2.75) is 19.5 Å². The molecule has 1 aromatic carbocycles. The summed E-state index contributed by atoms with van der Waals surface area (Å²) >= 11 is 13.3. The van der Waals surface area contributed by atoms with Crippen LogP contribution in [-0.4, -0.2) is 49.5 Å². The molecule has 3 N–H and O–H groups in total. The van der Waals surface area contributed by atoms with E-state index >= 15 is 0 Å². The normalized spacial score (nSPS) is 13.9. The number of carboxylic acids is 1. The largest absolute Gasteiger partial charge is 0.492 e. The van der Waals surface area contributed by atoms with Gasteiger partial charge in [0.25, 0.3) is 11.5 Å². The second kappa shape index (κ2) is 8.46. The maximum atomic E-state index is 12.9. The highest BCUT2D eigenvalue weighted by Crippen LogP contribution is 2.30. The van der Waals surface area contributed by atoms with E-state index in [1.165, 1.54) is 15.7 Å². The highest BCUT2D eigenvalue weighted by molar-refractivity contribution is 7.17. The summed E-state index contributed by atoms with van der Waals surface area (Å²) in [6.45, 7) is 1.18. The van der Waals surface area contributed by atoms with Gasteiger partial charge in [0, 0.05) is 36.6 Å². The molecule has 162 valence electrons. The van der Waals surface area contributed by atoms with E-state index < -0.39 is 35.4 Å². The van der Waals surface area contributed by atoms with Gasteiger partial charge in [0.2, 0.25) is 5.88 Å². The van der Waals surface area contributed by atoms with Crippen molar-refractivity contribution in [3.05, 3.63) is 60.3 Å². The van der Waals surface area contributed by atoms with Gasteiger partial charge in [-0.25, -0.2) is 0 Å². The van der Waals surface area contributed by atoms with E-state index in [1.807, 2.05) is 12.1 Å². The molecule has 0 radical (unpaired) electrons. The van der Waals surface area contributed by atoms with Crippen molar-refractivity contribution < 1.29 is 19.8 Å². The Morgan fingerprint density at radius 2 is 2.03 bits per heavy atom. The number of aliphatic carboxylic acids is 1. The van der Waals surface area contributed by atoms with E-state index in [-0.39, 0.29) is 4.96 Å². The van der Waals surface area contributed by atoms with Gasteiger partial charge in [0.1, 0.15) is 6.54 Å². The summed E-state index contributed by atoms with van der Waals surface area (Å²) in [4.78, 5) is 43.2. The second-order valence-electron chi connectivity index (χ2n) is 6.99. The summed E-state index contributed by atoms with van der Waals surface area (Å²) in [7, 11) is 0. The number of nitrogens with zero attached hydrogens (tertiary/aromatic N) is 3. The number of aromatic nitrogens is 2. The minimum atomic E-state index is -1.27. The molecular formula is C19H16Cl2N4O5S. The molecule has 1 amide bonds. The summed E-state index contributed by atoms with van der Waals surface area (Å²) in [5.41, 5.74) is 0.442. The summed E-state index contributed by atoms with van der Waals surface area (Å²) in [5.74, 6) is -2.97. The summed E-state index contributed by atoms with van der Waals surface area (Å²) < 4.78 is 1.33. The van der Waals surface area contributed by atoms with Gasteiger partial charge in [-0.2, -0.15) is 4.98 Å². The van der Waals surface area contributed by atoms with Crippen LogP contribution in [0.4, 0.5) is 0 Å². The van der Waals surface area contributed by atoms with Gasteiger partial charge in [0.15, 0.2) is 10.5 Å². The molecule has 0 unspecified atom stereocenters. The van der Waals surface area contributed by atoms with Crippen LogP contribution in [0, 0.1) is 0 Å². The van der Waals surface area contributed by atoms with E-state index in [0.29, 0.717) is 36.1 Å². The van der Waals surface area contributed by atoms with Crippen molar-refractivity contribution in [1.29, 1.82) is 0 Å². The molecule has 3 aromatic rings. The number of rotatable bonds is 5. The molecule has 1 aliphatic heterocycles. The summed E-state index contributed by atoms with van der Waals surface area (Å²) in [5, 5.41) is 21.9. The van der Waals surface area contributed by atoms with Gasteiger partial charge in [-0.1, -0.05) is 40.6 Å². The lowest BCUT2D eigenvalue weighted by Gasteiger charge is -2.26. The maximum Gasteiger partial charge on any atom is 0.322 e. The van der Waals surface area contributed by atoms with E-state index in [1.54, 1.807) is 6.07 Å². The Bertz CT molecular complexity index is 1270. The summed E-state index contributed by atoms with van der Waals surface area (Å²) in [6, 6.07) is 5.47. The first-order valence-electron chi connectivity index (χ1n) is 9.17.